The first-order valence-corrected chi connectivity index (χ1v) is 15.5. The van der Waals surface area contributed by atoms with Gasteiger partial charge in [0.2, 0.25) is 10.0 Å². The number of halogens is 1. The highest BCUT2D eigenvalue weighted by Gasteiger charge is 2.73. The van der Waals surface area contributed by atoms with Gasteiger partial charge in [-0.3, -0.25) is 4.79 Å². The van der Waals surface area contributed by atoms with Crippen LogP contribution in [0.1, 0.15) is 79.1 Å². The maximum atomic E-state index is 13.8. The smallest absolute Gasteiger partial charge is 0.273 e. The van der Waals surface area contributed by atoms with Crippen LogP contribution in [0.25, 0.3) is 0 Å². The Labute approximate surface area is 222 Å². The molecule has 0 spiro atoms. The number of piperidine rings is 1. The number of hydrogen-bond donors (Lipinski definition) is 2. The fourth-order valence-electron chi connectivity index (χ4n) is 7.85. The number of hydrogen-bond acceptors (Lipinski definition) is 6. The standard InChI is InChI=1S/C28H35FN4O4S/c29-21-5-1-17(2-6-21)16-30-22-7-9-33(10-8-22)38(35,36)28-14-19-11-23(12-20(15-28)26(19)28)31-27(34)24-13-25(37-32-24)18-3-4-18/h1-2,5-6,13,18-20,22-23,26,30H,3-4,7-12,14-16H2,(H,31,34)/t19-,20+,23-,26?,28?. The van der Waals surface area contributed by atoms with Crippen LogP contribution in [-0.2, 0) is 16.6 Å². The number of nitrogens with one attached hydrogen (secondary N) is 2. The van der Waals surface area contributed by atoms with Gasteiger partial charge in [-0.1, -0.05) is 17.3 Å². The van der Waals surface area contributed by atoms with E-state index in [0.717, 1.165) is 49.8 Å². The molecule has 38 heavy (non-hydrogen) atoms. The number of aromatic nitrogens is 1. The van der Waals surface area contributed by atoms with E-state index in [-0.39, 0.29) is 29.7 Å². The lowest BCUT2D eigenvalue weighted by atomic mass is 9.42. The minimum Gasteiger partial charge on any atom is -0.360 e. The van der Waals surface area contributed by atoms with Crippen LogP contribution in [0, 0.1) is 23.6 Å². The van der Waals surface area contributed by atoms with Crippen molar-refractivity contribution in [3.05, 3.63) is 53.2 Å². The summed E-state index contributed by atoms with van der Waals surface area (Å²) >= 11 is 0. The maximum Gasteiger partial charge on any atom is 0.273 e. The second-order valence-electron chi connectivity index (χ2n) is 12.2. The van der Waals surface area contributed by atoms with Crippen LogP contribution in [0.5, 0.6) is 0 Å². The van der Waals surface area contributed by atoms with Gasteiger partial charge in [0, 0.05) is 43.7 Å². The van der Waals surface area contributed by atoms with Gasteiger partial charge in [-0.05, 0) is 86.8 Å². The van der Waals surface area contributed by atoms with Crippen molar-refractivity contribution in [1.82, 2.24) is 20.1 Å². The van der Waals surface area contributed by atoms with E-state index in [2.05, 4.69) is 15.8 Å². The molecule has 2 aromatic rings. The minimum absolute atomic E-state index is 0.0683. The Balaban J connectivity index is 0.913. The van der Waals surface area contributed by atoms with E-state index in [1.54, 1.807) is 22.5 Å². The molecule has 1 aliphatic heterocycles. The number of carbonyl (C=O) groups is 1. The highest BCUT2D eigenvalue weighted by atomic mass is 32.2. The number of rotatable bonds is 8. The highest BCUT2D eigenvalue weighted by Crippen LogP contribution is 2.69. The van der Waals surface area contributed by atoms with Crippen LogP contribution in [0.4, 0.5) is 4.39 Å². The Morgan fingerprint density at radius 3 is 2.39 bits per heavy atom. The molecule has 2 heterocycles. The molecule has 1 aromatic heterocycles. The SMILES string of the molecule is O=C(N[C@@H]1C[C@@H]2CC3(S(=O)(=O)N4CCC(NCc5ccc(F)cc5)CC4)C[C@H](C1)C23)c1cc(C2CC2)on1. The van der Waals surface area contributed by atoms with Gasteiger partial charge >= 0.3 is 0 Å². The minimum atomic E-state index is -3.35. The average molecular weight is 543 g/mol. The normalized spacial score (nSPS) is 33.2. The lowest BCUT2D eigenvalue weighted by Gasteiger charge is -2.70. The summed E-state index contributed by atoms with van der Waals surface area (Å²) in [4.78, 5) is 12.7. The third-order valence-electron chi connectivity index (χ3n) is 9.90. The zero-order chi connectivity index (χ0) is 26.1. The van der Waals surface area contributed by atoms with E-state index in [1.165, 1.54) is 12.1 Å². The Hall–Kier alpha value is -2.30. The molecule has 0 radical (unpaired) electrons. The number of nitrogens with zero attached hydrogens (tertiary/aromatic N) is 2. The van der Waals surface area contributed by atoms with E-state index in [1.807, 2.05) is 0 Å². The van der Waals surface area contributed by atoms with Crippen molar-refractivity contribution in [2.24, 2.45) is 17.8 Å². The molecule has 2 unspecified atom stereocenters. The predicted molar refractivity (Wildman–Crippen MR) is 138 cm³/mol. The van der Waals surface area contributed by atoms with Crippen LogP contribution >= 0.6 is 0 Å². The van der Waals surface area contributed by atoms with Gasteiger partial charge in [0.15, 0.2) is 5.69 Å². The first-order chi connectivity index (χ1) is 18.3. The van der Waals surface area contributed by atoms with Crippen molar-refractivity contribution in [1.29, 1.82) is 0 Å². The number of benzene rings is 1. The second-order valence-corrected chi connectivity index (χ2v) is 14.5. The van der Waals surface area contributed by atoms with Crippen LogP contribution in [0.3, 0.4) is 0 Å². The molecule has 204 valence electrons. The molecule has 5 atom stereocenters. The summed E-state index contributed by atoms with van der Waals surface area (Å²) in [6.45, 7) is 1.75. The summed E-state index contributed by atoms with van der Waals surface area (Å²) < 4.78 is 47.2. The van der Waals surface area contributed by atoms with Gasteiger partial charge < -0.3 is 15.2 Å². The zero-order valence-corrected chi connectivity index (χ0v) is 22.3. The molecule has 8 nitrogen and oxygen atoms in total. The molecule has 5 aliphatic rings. The topological polar surface area (TPSA) is 105 Å². The van der Waals surface area contributed by atoms with Crippen molar-refractivity contribution in [2.75, 3.05) is 13.1 Å². The Bertz CT molecular complexity index is 1300. The number of amides is 1. The molecular formula is C28H35FN4O4S. The summed E-state index contributed by atoms with van der Waals surface area (Å²) in [7, 11) is -3.35. The van der Waals surface area contributed by atoms with E-state index in [0.29, 0.717) is 55.9 Å². The third-order valence-corrected chi connectivity index (χ3v) is 12.6. The van der Waals surface area contributed by atoms with Gasteiger partial charge in [-0.25, -0.2) is 17.1 Å². The summed E-state index contributed by atoms with van der Waals surface area (Å²) in [6, 6.07) is 8.58. The predicted octanol–water partition coefficient (Wildman–Crippen LogP) is 3.56. The number of carbonyl (C=O) groups excluding carboxylic acids is 1. The quantitative estimate of drug-likeness (QED) is 0.529. The van der Waals surface area contributed by atoms with Crippen LogP contribution in [-0.4, -0.2) is 53.7 Å². The van der Waals surface area contributed by atoms with E-state index < -0.39 is 14.8 Å². The lowest BCUT2D eigenvalue weighted by molar-refractivity contribution is -0.108. The molecule has 5 fully saturated rings. The van der Waals surface area contributed by atoms with Crippen molar-refractivity contribution in [2.45, 2.75) is 80.7 Å². The molecule has 1 aromatic carbocycles. The lowest BCUT2D eigenvalue weighted by Crippen LogP contribution is -2.75. The molecule has 7 rings (SSSR count). The summed E-state index contributed by atoms with van der Waals surface area (Å²) in [5.74, 6) is 1.74. The van der Waals surface area contributed by atoms with E-state index in [4.69, 9.17) is 4.52 Å². The third kappa shape index (κ3) is 4.10. The van der Waals surface area contributed by atoms with E-state index >= 15 is 0 Å². The van der Waals surface area contributed by atoms with Gasteiger partial charge in [0.1, 0.15) is 11.6 Å². The van der Waals surface area contributed by atoms with Crippen LogP contribution in [0.2, 0.25) is 0 Å². The van der Waals surface area contributed by atoms with Crippen molar-refractivity contribution < 1.29 is 22.1 Å². The molecular weight excluding hydrogens is 507 g/mol. The Morgan fingerprint density at radius 1 is 1.05 bits per heavy atom. The monoisotopic (exact) mass is 542 g/mol. The highest BCUT2D eigenvalue weighted by molar-refractivity contribution is 7.90. The molecule has 1 amide bonds. The first-order valence-electron chi connectivity index (χ1n) is 14.1. The molecule has 0 bridgehead atoms. The van der Waals surface area contributed by atoms with Gasteiger partial charge in [0.25, 0.3) is 5.91 Å². The summed E-state index contributed by atoms with van der Waals surface area (Å²) in [6.07, 6.45) is 6.86. The molecule has 2 N–H and O–H groups in total. The maximum absolute atomic E-state index is 13.8. The molecule has 1 saturated heterocycles. The number of sulfonamides is 1. The largest absolute Gasteiger partial charge is 0.360 e. The molecule has 10 heteroatoms. The zero-order valence-electron chi connectivity index (χ0n) is 21.4. The molecule has 4 saturated carbocycles. The van der Waals surface area contributed by atoms with Crippen molar-refractivity contribution in [3.63, 3.8) is 0 Å². The van der Waals surface area contributed by atoms with Crippen LogP contribution in [0.15, 0.2) is 34.9 Å². The fourth-order valence-corrected chi connectivity index (χ4v) is 10.6. The Morgan fingerprint density at radius 2 is 1.74 bits per heavy atom. The summed E-state index contributed by atoms with van der Waals surface area (Å²) in [5.41, 5.74) is 1.38. The first kappa shape index (κ1) is 24.7. The van der Waals surface area contributed by atoms with Gasteiger partial charge in [-0.15, -0.1) is 0 Å². The van der Waals surface area contributed by atoms with E-state index in [9.17, 15) is 17.6 Å². The fraction of sp³-hybridized carbons (Fsp3) is 0.643. The summed E-state index contributed by atoms with van der Waals surface area (Å²) in [5, 5.41) is 10.6. The van der Waals surface area contributed by atoms with Crippen molar-refractivity contribution in [3.8, 4) is 0 Å². The van der Waals surface area contributed by atoms with Crippen molar-refractivity contribution >= 4 is 15.9 Å². The van der Waals surface area contributed by atoms with Gasteiger partial charge in [0.05, 0.1) is 4.75 Å². The molecule has 4 aliphatic carbocycles. The van der Waals surface area contributed by atoms with Crippen LogP contribution < -0.4 is 10.6 Å². The second kappa shape index (κ2) is 9.13. The average Bonchev–Trinajstić information content (AvgIpc) is 3.61. The Kier molecular flexibility index (Phi) is 5.94. The van der Waals surface area contributed by atoms with Gasteiger partial charge in [-0.2, -0.15) is 0 Å².